The Balaban J connectivity index is 1.20. The van der Waals surface area contributed by atoms with Crippen LogP contribution in [0.1, 0.15) is 127 Å². The van der Waals surface area contributed by atoms with E-state index in [0.29, 0.717) is 50.9 Å². The number of carbonyl (C=O) groups is 6. The van der Waals surface area contributed by atoms with Crippen molar-refractivity contribution >= 4 is 46.3 Å². The van der Waals surface area contributed by atoms with Gasteiger partial charge in [0.05, 0.1) is 18.1 Å². The number of nitrogens with two attached hydrogens (primary N) is 3. The largest absolute Gasteiger partial charge is 0.368 e. The topological polar surface area (TPSA) is 274 Å². The predicted octanol–water partition coefficient (Wildman–Crippen LogP) is 4.16. The SMILES string of the molecule is CC[C@H](C)[C@H](NC(=O)[C@H](CC1CCCCC1)NC(=O)[C@@H](Cc1c[nH]c2ccccc12)NC(=O)[C@@H](N)CCCN)C(=O)N[C@@H](CC1CCCCC1)C(=O)N[C@@H](Cc1cn(Cc2ccccc2)cn1)C(N)=O. The van der Waals surface area contributed by atoms with Crippen molar-refractivity contribution in [1.29, 1.82) is 0 Å². The van der Waals surface area contributed by atoms with Gasteiger partial charge < -0.3 is 53.3 Å². The summed E-state index contributed by atoms with van der Waals surface area (Å²) in [4.78, 5) is 92.3. The molecule has 2 fully saturated rings. The smallest absolute Gasteiger partial charge is 0.243 e. The maximum absolute atomic E-state index is 14.7. The van der Waals surface area contributed by atoms with E-state index in [1.807, 2.05) is 85.4 Å². The lowest BCUT2D eigenvalue weighted by molar-refractivity contribution is -0.136. The molecule has 2 aliphatic carbocycles. The molecular formula is C53H77N11O6. The van der Waals surface area contributed by atoms with E-state index >= 15 is 0 Å². The summed E-state index contributed by atoms with van der Waals surface area (Å²) in [5.74, 6) is -3.49. The molecule has 6 amide bonds. The van der Waals surface area contributed by atoms with Gasteiger partial charge in [-0.25, -0.2) is 4.98 Å². The van der Waals surface area contributed by atoms with Gasteiger partial charge in [-0.3, -0.25) is 28.8 Å². The summed E-state index contributed by atoms with van der Waals surface area (Å²) in [7, 11) is 0. The van der Waals surface area contributed by atoms with Gasteiger partial charge in [0.25, 0.3) is 0 Å². The number of benzene rings is 2. The van der Waals surface area contributed by atoms with Crippen LogP contribution in [0.4, 0.5) is 0 Å². The number of hydrogen-bond acceptors (Lipinski definition) is 9. The van der Waals surface area contributed by atoms with Crippen molar-refractivity contribution in [3.63, 3.8) is 0 Å². The van der Waals surface area contributed by atoms with E-state index < -0.39 is 71.7 Å². The van der Waals surface area contributed by atoms with Crippen LogP contribution in [0.3, 0.4) is 0 Å². The molecule has 4 aromatic rings. The van der Waals surface area contributed by atoms with Gasteiger partial charge in [-0.2, -0.15) is 0 Å². The summed E-state index contributed by atoms with van der Waals surface area (Å²) in [6, 6.07) is 11.3. The lowest BCUT2D eigenvalue weighted by atomic mass is 9.84. The van der Waals surface area contributed by atoms with E-state index in [1.54, 1.807) is 6.33 Å². The highest BCUT2D eigenvalue weighted by Crippen LogP contribution is 2.29. The molecular weight excluding hydrogens is 887 g/mol. The second kappa shape index (κ2) is 26.8. The van der Waals surface area contributed by atoms with E-state index in [0.717, 1.165) is 86.2 Å². The lowest BCUT2D eigenvalue weighted by Gasteiger charge is -2.32. The Hall–Kier alpha value is -6.07. The Morgan fingerprint density at radius 3 is 1.91 bits per heavy atom. The molecule has 2 saturated carbocycles. The fraction of sp³-hybridized carbons (Fsp3) is 0.566. The van der Waals surface area contributed by atoms with E-state index in [4.69, 9.17) is 17.2 Å². The Bertz CT molecular complexity index is 2320. The number of nitrogens with zero attached hydrogens (tertiary/aromatic N) is 2. The number of H-pyrrole nitrogens is 1. The van der Waals surface area contributed by atoms with Crippen LogP contribution in [-0.2, 0) is 48.2 Å². The number of aromatic nitrogens is 3. The van der Waals surface area contributed by atoms with Gasteiger partial charge >= 0.3 is 0 Å². The molecule has 2 aliphatic rings. The number of nitrogens with one attached hydrogen (secondary N) is 6. The molecule has 2 aromatic heterocycles. The molecule has 12 N–H and O–H groups in total. The van der Waals surface area contributed by atoms with Crippen LogP contribution in [-0.4, -0.2) is 92.8 Å². The molecule has 6 rings (SSSR count). The number of carbonyl (C=O) groups excluding carboxylic acids is 6. The maximum atomic E-state index is 14.7. The standard InChI is InChI=1S/C53H77N11O6/c1-3-34(2)47(53(70)62-44(26-35-16-7-4-8-17-35)50(67)59-43(48(56)65)29-39-32-64(33-58-39)31-37-20-11-6-12-21-37)63-52(69)45(27-36-18-9-5-10-19-36)61-51(68)46(60-49(66)41(55)23-15-25-54)28-38-30-57-42-24-14-13-22-40(38)42/h6,11-14,20-22,24,30,32-36,41,43-47,57H,3-5,7-10,15-19,23,25-29,31,54-55H2,1-2H3,(H2,56,65)(H,59,67)(H,60,66)(H,61,68)(H,62,70)(H,63,69)/t34-,41-,43-,44-,45-,46+,47-/m0/s1. The average Bonchev–Trinajstić information content (AvgIpc) is 4.00. The number of para-hydroxylation sites is 1. The second-order valence-electron chi connectivity index (χ2n) is 19.8. The highest BCUT2D eigenvalue weighted by atomic mass is 16.2. The quantitative estimate of drug-likeness (QED) is 0.0437. The molecule has 2 heterocycles. The summed E-state index contributed by atoms with van der Waals surface area (Å²) >= 11 is 0. The van der Waals surface area contributed by atoms with Crippen molar-refractivity contribution in [3.05, 3.63) is 90.1 Å². The molecule has 17 nitrogen and oxygen atoms in total. The van der Waals surface area contributed by atoms with Crippen molar-refractivity contribution in [2.75, 3.05) is 6.54 Å². The maximum Gasteiger partial charge on any atom is 0.243 e. The van der Waals surface area contributed by atoms with Crippen LogP contribution in [0.15, 0.2) is 73.3 Å². The molecule has 2 aromatic carbocycles. The molecule has 0 aliphatic heterocycles. The van der Waals surface area contributed by atoms with Gasteiger partial charge in [0.2, 0.25) is 35.4 Å². The zero-order valence-corrected chi connectivity index (χ0v) is 41.1. The van der Waals surface area contributed by atoms with Crippen molar-refractivity contribution in [2.24, 2.45) is 35.0 Å². The number of aromatic amines is 1. The molecule has 0 bridgehead atoms. The number of primary amides is 1. The Morgan fingerprint density at radius 1 is 0.714 bits per heavy atom. The van der Waals surface area contributed by atoms with Crippen LogP contribution in [0.2, 0.25) is 0 Å². The summed E-state index contributed by atoms with van der Waals surface area (Å²) in [5, 5.41) is 15.6. The Kier molecular flexibility index (Phi) is 20.4. The highest BCUT2D eigenvalue weighted by molar-refractivity contribution is 5.97. The lowest BCUT2D eigenvalue weighted by Crippen LogP contribution is -2.61. The van der Waals surface area contributed by atoms with Gasteiger partial charge in [-0.05, 0) is 67.2 Å². The monoisotopic (exact) mass is 964 g/mol. The van der Waals surface area contributed by atoms with E-state index in [1.165, 1.54) is 0 Å². The first kappa shape index (κ1) is 53.3. The van der Waals surface area contributed by atoms with Crippen molar-refractivity contribution < 1.29 is 28.8 Å². The number of amides is 6. The fourth-order valence-corrected chi connectivity index (χ4v) is 10.0. The minimum Gasteiger partial charge on any atom is -0.368 e. The van der Waals surface area contributed by atoms with E-state index in [2.05, 4.69) is 36.6 Å². The summed E-state index contributed by atoms with van der Waals surface area (Å²) in [5.41, 5.74) is 21.2. The van der Waals surface area contributed by atoms with Crippen LogP contribution in [0, 0.1) is 17.8 Å². The second-order valence-corrected chi connectivity index (χ2v) is 19.8. The minimum atomic E-state index is -1.10. The van der Waals surface area contributed by atoms with Gasteiger partial charge in [0.15, 0.2) is 0 Å². The average molecular weight is 964 g/mol. The van der Waals surface area contributed by atoms with Crippen molar-refractivity contribution in [3.8, 4) is 0 Å². The minimum absolute atomic E-state index is 0.0556. The molecule has 0 unspecified atom stereocenters. The molecule has 0 spiro atoms. The van der Waals surface area contributed by atoms with Crippen LogP contribution >= 0.6 is 0 Å². The third kappa shape index (κ3) is 15.7. The first-order valence-electron chi connectivity index (χ1n) is 25.7. The van der Waals surface area contributed by atoms with Gasteiger partial charge in [-0.1, -0.05) is 133 Å². The number of fused-ring (bicyclic) bond motifs is 1. The van der Waals surface area contributed by atoms with Crippen LogP contribution < -0.4 is 43.8 Å². The van der Waals surface area contributed by atoms with Gasteiger partial charge in [0.1, 0.15) is 30.2 Å². The Morgan fingerprint density at radius 2 is 1.29 bits per heavy atom. The third-order valence-electron chi connectivity index (χ3n) is 14.4. The van der Waals surface area contributed by atoms with Gasteiger partial charge in [-0.15, -0.1) is 0 Å². The normalized spacial score (nSPS) is 17.5. The summed E-state index contributed by atoms with van der Waals surface area (Å²) in [6.45, 7) is 4.71. The molecule has 70 heavy (non-hydrogen) atoms. The Labute approximate surface area is 412 Å². The summed E-state index contributed by atoms with van der Waals surface area (Å²) in [6.07, 6.45) is 17.3. The first-order chi connectivity index (χ1) is 33.8. The fourth-order valence-electron chi connectivity index (χ4n) is 10.0. The van der Waals surface area contributed by atoms with Crippen molar-refractivity contribution in [2.45, 2.75) is 166 Å². The zero-order valence-electron chi connectivity index (χ0n) is 41.1. The number of hydrogen-bond donors (Lipinski definition) is 9. The molecule has 0 radical (unpaired) electrons. The first-order valence-corrected chi connectivity index (χ1v) is 25.7. The number of rotatable bonds is 26. The number of imidazole rings is 1. The van der Waals surface area contributed by atoms with E-state index in [9.17, 15) is 28.8 Å². The van der Waals surface area contributed by atoms with Crippen molar-refractivity contribution in [1.82, 2.24) is 41.1 Å². The summed E-state index contributed by atoms with van der Waals surface area (Å²) < 4.78 is 1.90. The third-order valence-corrected chi connectivity index (χ3v) is 14.4. The van der Waals surface area contributed by atoms with Gasteiger partial charge in [0, 0.05) is 42.7 Å². The molecule has 17 heteroatoms. The van der Waals surface area contributed by atoms with Crippen LogP contribution in [0.25, 0.3) is 10.9 Å². The molecule has 7 atom stereocenters. The zero-order chi connectivity index (χ0) is 50.0. The molecule has 380 valence electrons. The predicted molar refractivity (Wildman–Crippen MR) is 270 cm³/mol. The highest BCUT2D eigenvalue weighted by Gasteiger charge is 2.37. The van der Waals surface area contributed by atoms with Crippen LogP contribution in [0.5, 0.6) is 0 Å². The van der Waals surface area contributed by atoms with E-state index in [-0.39, 0.29) is 30.6 Å². The molecule has 0 saturated heterocycles.